The highest BCUT2D eigenvalue weighted by Crippen LogP contribution is 2.21. The number of rotatable bonds is 3. The van der Waals surface area contributed by atoms with Gasteiger partial charge >= 0.3 is 0 Å². The Kier molecular flexibility index (Phi) is 3.31. The van der Waals surface area contributed by atoms with Crippen molar-refractivity contribution in [1.29, 1.82) is 0 Å². The summed E-state index contributed by atoms with van der Waals surface area (Å²) >= 11 is 0. The fourth-order valence-corrected chi connectivity index (χ4v) is 2.02. The van der Waals surface area contributed by atoms with Crippen molar-refractivity contribution < 1.29 is 8.78 Å². The van der Waals surface area contributed by atoms with Crippen molar-refractivity contribution in [1.82, 2.24) is 5.32 Å². The van der Waals surface area contributed by atoms with E-state index in [9.17, 15) is 8.78 Å². The highest BCUT2D eigenvalue weighted by atomic mass is 19.3. The first-order chi connectivity index (χ1) is 7.25. The van der Waals surface area contributed by atoms with Crippen molar-refractivity contribution in [3.8, 4) is 0 Å². The van der Waals surface area contributed by atoms with Crippen molar-refractivity contribution in [2.75, 3.05) is 13.1 Å². The fourth-order valence-electron chi connectivity index (χ4n) is 2.02. The Balaban J connectivity index is 1.97. The van der Waals surface area contributed by atoms with E-state index in [0.29, 0.717) is 5.92 Å². The van der Waals surface area contributed by atoms with Crippen LogP contribution in [-0.2, 0) is 6.42 Å². The maximum Gasteiger partial charge on any atom is 0.263 e. The quantitative estimate of drug-likeness (QED) is 0.810. The third-order valence-corrected chi connectivity index (χ3v) is 2.92. The number of hydrogen-bond donors (Lipinski definition) is 1. The summed E-state index contributed by atoms with van der Waals surface area (Å²) in [7, 11) is 0. The minimum atomic E-state index is -2.35. The lowest BCUT2D eigenvalue weighted by molar-refractivity contribution is 0.151. The van der Waals surface area contributed by atoms with E-state index in [1.807, 2.05) is 12.1 Å². The Labute approximate surface area is 88.5 Å². The standard InChI is InChI=1S/C12H15F2N/c13-12(14)11-3-1-9(2-4-11)7-10-5-6-15-8-10/h1-4,10,12,15H,5-8H2/t10-/m1/s1. The van der Waals surface area contributed by atoms with Crippen molar-refractivity contribution in [3.05, 3.63) is 35.4 Å². The van der Waals surface area contributed by atoms with E-state index in [4.69, 9.17) is 0 Å². The van der Waals surface area contributed by atoms with E-state index in [1.165, 1.54) is 18.6 Å². The molecule has 1 heterocycles. The van der Waals surface area contributed by atoms with Crippen LogP contribution in [0.3, 0.4) is 0 Å². The van der Waals surface area contributed by atoms with Gasteiger partial charge in [0.05, 0.1) is 0 Å². The van der Waals surface area contributed by atoms with Gasteiger partial charge in [-0.1, -0.05) is 24.3 Å². The lowest BCUT2D eigenvalue weighted by atomic mass is 9.98. The molecule has 1 atom stereocenters. The molecule has 0 unspecified atom stereocenters. The second-order valence-electron chi connectivity index (χ2n) is 4.11. The van der Waals surface area contributed by atoms with Gasteiger partial charge in [0, 0.05) is 5.56 Å². The second kappa shape index (κ2) is 4.71. The molecular weight excluding hydrogens is 196 g/mol. The van der Waals surface area contributed by atoms with E-state index in [1.54, 1.807) is 0 Å². The van der Waals surface area contributed by atoms with Crippen LogP contribution in [0.5, 0.6) is 0 Å². The number of alkyl halides is 2. The third kappa shape index (κ3) is 2.75. The molecule has 1 nitrogen and oxygen atoms in total. The summed E-state index contributed by atoms with van der Waals surface area (Å²) in [5.41, 5.74) is 1.27. The van der Waals surface area contributed by atoms with Gasteiger partial charge in [-0.2, -0.15) is 0 Å². The van der Waals surface area contributed by atoms with Crippen LogP contribution in [0.2, 0.25) is 0 Å². The molecule has 1 aromatic rings. The first-order valence-electron chi connectivity index (χ1n) is 5.33. The van der Waals surface area contributed by atoms with Crippen LogP contribution in [-0.4, -0.2) is 13.1 Å². The number of nitrogens with one attached hydrogen (secondary N) is 1. The zero-order chi connectivity index (χ0) is 10.7. The predicted molar refractivity (Wildman–Crippen MR) is 56.1 cm³/mol. The van der Waals surface area contributed by atoms with Crippen LogP contribution in [0, 0.1) is 5.92 Å². The average Bonchev–Trinajstić information content (AvgIpc) is 2.71. The first kappa shape index (κ1) is 10.6. The molecule has 82 valence electrons. The molecule has 0 radical (unpaired) electrons. The third-order valence-electron chi connectivity index (χ3n) is 2.92. The summed E-state index contributed by atoms with van der Waals surface area (Å²) in [5, 5.41) is 3.30. The maximum absolute atomic E-state index is 12.3. The molecule has 2 rings (SSSR count). The van der Waals surface area contributed by atoms with E-state index in [2.05, 4.69) is 5.32 Å². The van der Waals surface area contributed by atoms with Gasteiger partial charge in [0.2, 0.25) is 0 Å². The zero-order valence-corrected chi connectivity index (χ0v) is 8.55. The molecule has 0 amide bonds. The molecule has 1 aliphatic rings. The molecule has 0 aliphatic carbocycles. The van der Waals surface area contributed by atoms with Gasteiger partial charge in [0.1, 0.15) is 0 Å². The van der Waals surface area contributed by atoms with Gasteiger partial charge in [-0.3, -0.25) is 0 Å². The summed E-state index contributed by atoms with van der Waals surface area (Å²) < 4.78 is 24.6. The summed E-state index contributed by atoms with van der Waals surface area (Å²) in [4.78, 5) is 0. The zero-order valence-electron chi connectivity index (χ0n) is 8.55. The van der Waals surface area contributed by atoms with Gasteiger partial charge < -0.3 is 5.32 Å². The molecule has 15 heavy (non-hydrogen) atoms. The monoisotopic (exact) mass is 211 g/mol. The molecule has 0 aromatic heterocycles. The van der Waals surface area contributed by atoms with E-state index >= 15 is 0 Å². The largest absolute Gasteiger partial charge is 0.316 e. The number of hydrogen-bond acceptors (Lipinski definition) is 1. The van der Waals surface area contributed by atoms with Crippen molar-refractivity contribution >= 4 is 0 Å². The normalized spacial score (nSPS) is 21.1. The predicted octanol–water partition coefficient (Wildman–Crippen LogP) is 2.78. The van der Waals surface area contributed by atoms with Crippen molar-refractivity contribution in [2.24, 2.45) is 5.92 Å². The van der Waals surface area contributed by atoms with E-state index < -0.39 is 6.43 Å². The Morgan fingerprint density at radius 3 is 2.53 bits per heavy atom. The highest BCUT2D eigenvalue weighted by molar-refractivity contribution is 5.23. The molecule has 1 fully saturated rings. The summed E-state index contributed by atoms with van der Waals surface area (Å²) in [6.45, 7) is 2.14. The Bertz CT molecular complexity index is 302. The molecule has 3 heteroatoms. The van der Waals surface area contributed by atoms with Crippen LogP contribution in [0.4, 0.5) is 8.78 Å². The lowest BCUT2D eigenvalue weighted by Gasteiger charge is -2.08. The number of halogens is 2. The average molecular weight is 211 g/mol. The molecule has 0 spiro atoms. The van der Waals surface area contributed by atoms with Gasteiger partial charge in [-0.15, -0.1) is 0 Å². The highest BCUT2D eigenvalue weighted by Gasteiger charge is 2.15. The smallest absolute Gasteiger partial charge is 0.263 e. The molecule has 1 saturated heterocycles. The van der Waals surface area contributed by atoms with Crippen molar-refractivity contribution in [2.45, 2.75) is 19.3 Å². The van der Waals surface area contributed by atoms with Gasteiger partial charge in [-0.05, 0) is 37.4 Å². The fraction of sp³-hybridized carbons (Fsp3) is 0.500. The first-order valence-corrected chi connectivity index (χ1v) is 5.33. The van der Waals surface area contributed by atoms with Gasteiger partial charge in [0.15, 0.2) is 0 Å². The Morgan fingerprint density at radius 1 is 1.27 bits per heavy atom. The van der Waals surface area contributed by atoms with Gasteiger partial charge in [0.25, 0.3) is 6.43 Å². The SMILES string of the molecule is FC(F)c1ccc(C[C@H]2CCNC2)cc1. The second-order valence-corrected chi connectivity index (χ2v) is 4.11. The topological polar surface area (TPSA) is 12.0 Å². The maximum atomic E-state index is 12.3. The molecule has 1 N–H and O–H groups in total. The molecular formula is C12H15F2N. The van der Waals surface area contributed by atoms with E-state index in [-0.39, 0.29) is 5.56 Å². The van der Waals surface area contributed by atoms with Crippen LogP contribution in [0.25, 0.3) is 0 Å². The van der Waals surface area contributed by atoms with Gasteiger partial charge in [-0.25, -0.2) is 8.78 Å². The summed E-state index contributed by atoms with van der Waals surface area (Å²) in [5.74, 6) is 0.669. The van der Waals surface area contributed by atoms with Crippen LogP contribution < -0.4 is 5.32 Å². The summed E-state index contributed by atoms with van der Waals surface area (Å²) in [6, 6.07) is 6.70. The van der Waals surface area contributed by atoms with Crippen LogP contribution in [0.1, 0.15) is 24.0 Å². The Morgan fingerprint density at radius 2 is 2.00 bits per heavy atom. The summed E-state index contributed by atoms with van der Waals surface area (Å²) in [6.07, 6.45) is -0.167. The Hall–Kier alpha value is -0.960. The molecule has 0 saturated carbocycles. The minimum absolute atomic E-state index is 0.114. The molecule has 0 bridgehead atoms. The molecule has 1 aromatic carbocycles. The molecule has 1 aliphatic heterocycles. The van der Waals surface area contributed by atoms with Crippen LogP contribution >= 0.6 is 0 Å². The minimum Gasteiger partial charge on any atom is -0.316 e. The van der Waals surface area contributed by atoms with E-state index in [0.717, 1.165) is 25.1 Å². The van der Waals surface area contributed by atoms with Crippen molar-refractivity contribution in [3.63, 3.8) is 0 Å². The van der Waals surface area contributed by atoms with Crippen LogP contribution in [0.15, 0.2) is 24.3 Å². The number of benzene rings is 1. The lowest BCUT2D eigenvalue weighted by Crippen LogP contribution is -2.10.